The topological polar surface area (TPSA) is 145 Å². The molecule has 13 heteroatoms. The van der Waals surface area contributed by atoms with Crippen LogP contribution >= 0.6 is 11.3 Å². The van der Waals surface area contributed by atoms with Gasteiger partial charge in [0, 0.05) is 41.2 Å². The van der Waals surface area contributed by atoms with E-state index in [-0.39, 0.29) is 56.3 Å². The van der Waals surface area contributed by atoms with Gasteiger partial charge in [-0.15, -0.1) is 11.3 Å². The Morgan fingerprint density at radius 3 is 2.55 bits per heavy atom. The summed E-state index contributed by atoms with van der Waals surface area (Å²) in [5.41, 5.74) is 4.17. The van der Waals surface area contributed by atoms with Gasteiger partial charge in [0.2, 0.25) is 21.8 Å². The van der Waals surface area contributed by atoms with E-state index in [0.29, 0.717) is 54.8 Å². The molecule has 11 nitrogen and oxygen atoms in total. The Balaban J connectivity index is 0.00000578. The first kappa shape index (κ1) is 45.4. The highest BCUT2D eigenvalue weighted by molar-refractivity contribution is 7.91. The maximum Gasteiger partial charge on any atom is 0.240 e. The Kier molecular flexibility index (Phi) is 13.1. The number of hydrogen-bond donors (Lipinski definition) is 1. The van der Waals surface area contributed by atoms with Crippen LogP contribution in [-0.2, 0) is 30.8 Å². The van der Waals surface area contributed by atoms with E-state index in [4.69, 9.17) is 19.4 Å². The smallest absolute Gasteiger partial charge is 0.240 e. The molecule has 5 atom stereocenters. The third-order valence-corrected chi connectivity index (χ3v) is 16.6. The van der Waals surface area contributed by atoms with Crippen molar-refractivity contribution in [2.24, 2.45) is 17.3 Å². The lowest BCUT2D eigenvalue weighted by molar-refractivity contribution is -0.142. The monoisotopic (exact) mass is 882 g/mol. The Labute approximate surface area is 371 Å². The van der Waals surface area contributed by atoms with Crippen molar-refractivity contribution >= 4 is 49.9 Å². The van der Waals surface area contributed by atoms with Crippen molar-refractivity contribution in [2.75, 3.05) is 13.7 Å². The number of benzene rings is 2. The number of ketones is 1. The number of fused-ring (bicyclic) bond motifs is 3. The summed E-state index contributed by atoms with van der Waals surface area (Å²) < 4.78 is 40.7. The van der Waals surface area contributed by atoms with E-state index in [1.165, 1.54) is 11.3 Å². The van der Waals surface area contributed by atoms with Crippen molar-refractivity contribution in [2.45, 2.75) is 135 Å². The third kappa shape index (κ3) is 9.07. The number of ether oxygens (including phenoxy) is 2. The van der Waals surface area contributed by atoms with Crippen molar-refractivity contribution in [1.29, 1.82) is 0 Å². The van der Waals surface area contributed by atoms with Crippen LogP contribution in [0.3, 0.4) is 0 Å². The molecule has 0 unspecified atom stereocenters. The molecule has 0 bridgehead atoms. The lowest BCUT2D eigenvalue weighted by Gasteiger charge is -2.29. The molecule has 2 aromatic heterocycles. The SMILES string of the molecule is C.COc1ccc2c(O[C@@H]3C[C@H]4C(=O)C[C@]5(C(=O)NS(=O)(=O)C6(C)CC6)C[C@H]5/C=C\CCCCC[C@H](Cc5cccc(C)c5)C(=O)N4C3)cc(-c3nc(C(C)C)cs3)nc2c1C. The van der Waals surface area contributed by atoms with E-state index in [9.17, 15) is 18.0 Å². The summed E-state index contributed by atoms with van der Waals surface area (Å²) >= 11 is 1.52. The molecule has 8 rings (SSSR count). The minimum atomic E-state index is -3.93. The summed E-state index contributed by atoms with van der Waals surface area (Å²) in [7, 11) is -2.30. The molecule has 332 valence electrons. The molecule has 2 aliphatic carbocycles. The molecule has 0 radical (unpaired) electrons. The van der Waals surface area contributed by atoms with Gasteiger partial charge in [-0.25, -0.2) is 18.4 Å². The fraction of sp³-hybridized carbons (Fsp3) is 0.531. The first-order valence-corrected chi connectivity index (χ1v) is 24.2. The summed E-state index contributed by atoms with van der Waals surface area (Å²) in [5.74, 6) is -0.118. The van der Waals surface area contributed by atoms with Gasteiger partial charge in [-0.3, -0.25) is 19.1 Å². The molecule has 3 fully saturated rings. The summed E-state index contributed by atoms with van der Waals surface area (Å²) in [4.78, 5) is 55.7. The molecular weight excluding hydrogens is 821 g/mol. The highest BCUT2D eigenvalue weighted by Crippen LogP contribution is 2.58. The average molecular weight is 883 g/mol. The van der Waals surface area contributed by atoms with Crippen molar-refractivity contribution < 1.29 is 32.3 Å². The van der Waals surface area contributed by atoms with Crippen molar-refractivity contribution in [3.05, 3.63) is 82.4 Å². The number of aryl methyl sites for hydroxylation is 2. The number of aromatic nitrogens is 2. The van der Waals surface area contributed by atoms with E-state index in [1.807, 2.05) is 55.6 Å². The number of methoxy groups -OCH3 is 1. The quantitative estimate of drug-likeness (QED) is 0.154. The predicted molar refractivity (Wildman–Crippen MR) is 245 cm³/mol. The van der Waals surface area contributed by atoms with Gasteiger partial charge in [0.1, 0.15) is 28.3 Å². The van der Waals surface area contributed by atoms with Crippen LogP contribution < -0.4 is 14.2 Å². The highest BCUT2D eigenvalue weighted by atomic mass is 32.2. The van der Waals surface area contributed by atoms with E-state index in [0.717, 1.165) is 58.5 Å². The van der Waals surface area contributed by atoms with Crippen LogP contribution in [0.2, 0.25) is 0 Å². The molecule has 1 saturated heterocycles. The Bertz CT molecular complexity index is 2490. The second-order valence-corrected chi connectivity index (χ2v) is 21.5. The Hall–Kier alpha value is -4.62. The molecule has 2 aromatic carbocycles. The fourth-order valence-corrected chi connectivity index (χ4v) is 11.5. The van der Waals surface area contributed by atoms with Gasteiger partial charge in [0.15, 0.2) is 5.78 Å². The van der Waals surface area contributed by atoms with Gasteiger partial charge in [0.25, 0.3) is 0 Å². The number of allylic oxidation sites excluding steroid dienone is 2. The summed E-state index contributed by atoms with van der Waals surface area (Å²) in [5, 5.41) is 3.58. The number of pyridine rings is 1. The number of carbonyl (C=O) groups is 3. The molecule has 4 aromatic rings. The zero-order valence-electron chi connectivity index (χ0n) is 36.2. The van der Waals surface area contributed by atoms with Gasteiger partial charge >= 0.3 is 0 Å². The molecule has 4 heterocycles. The van der Waals surface area contributed by atoms with Crippen molar-refractivity contribution in [1.82, 2.24) is 19.6 Å². The zero-order chi connectivity index (χ0) is 43.3. The molecule has 4 aliphatic rings. The van der Waals surface area contributed by atoms with Crippen LogP contribution in [0.1, 0.15) is 121 Å². The maximum atomic E-state index is 15.0. The number of thiazole rings is 1. The third-order valence-electron chi connectivity index (χ3n) is 13.5. The van der Waals surface area contributed by atoms with Gasteiger partial charge < -0.3 is 14.4 Å². The molecular formula is C49H62N4O7S2. The minimum Gasteiger partial charge on any atom is -0.496 e. The van der Waals surface area contributed by atoms with E-state index < -0.39 is 38.2 Å². The van der Waals surface area contributed by atoms with Crippen LogP contribution in [0.25, 0.3) is 21.6 Å². The number of nitrogens with one attached hydrogen (secondary N) is 1. The predicted octanol–water partition coefficient (Wildman–Crippen LogP) is 9.43. The van der Waals surface area contributed by atoms with Gasteiger partial charge in [-0.05, 0) is 95.2 Å². The van der Waals surface area contributed by atoms with Crippen LogP contribution in [0, 0.1) is 31.1 Å². The number of carbonyl (C=O) groups excluding carboxylic acids is 3. The summed E-state index contributed by atoms with van der Waals surface area (Å²) in [6, 6.07) is 13.1. The summed E-state index contributed by atoms with van der Waals surface area (Å²) in [6.45, 7) is 10.0. The van der Waals surface area contributed by atoms with Crippen molar-refractivity contribution in [3.63, 3.8) is 0 Å². The zero-order valence-corrected chi connectivity index (χ0v) is 37.8. The van der Waals surface area contributed by atoms with Gasteiger partial charge in [-0.2, -0.15) is 0 Å². The second kappa shape index (κ2) is 17.9. The molecule has 1 N–H and O–H groups in total. The first-order valence-electron chi connectivity index (χ1n) is 21.8. The molecule has 0 spiro atoms. The van der Waals surface area contributed by atoms with Crippen LogP contribution in [0.15, 0.2) is 60.0 Å². The Morgan fingerprint density at radius 1 is 1.05 bits per heavy atom. The average Bonchev–Trinajstić information content (AvgIpc) is 3.99. The van der Waals surface area contributed by atoms with Crippen LogP contribution in [0.4, 0.5) is 0 Å². The largest absolute Gasteiger partial charge is 0.496 e. The highest BCUT2D eigenvalue weighted by Gasteiger charge is 2.62. The van der Waals surface area contributed by atoms with E-state index in [2.05, 4.69) is 36.8 Å². The minimum absolute atomic E-state index is 0. The number of rotatable bonds is 10. The fourth-order valence-electron chi connectivity index (χ4n) is 9.20. The van der Waals surface area contributed by atoms with Gasteiger partial charge in [0.05, 0.1) is 41.1 Å². The summed E-state index contributed by atoms with van der Waals surface area (Å²) in [6.07, 6.45) is 9.64. The number of hydrogen-bond acceptors (Lipinski definition) is 10. The van der Waals surface area contributed by atoms with Crippen molar-refractivity contribution in [3.8, 4) is 22.2 Å². The first-order chi connectivity index (χ1) is 29.1. The van der Waals surface area contributed by atoms with E-state index in [1.54, 1.807) is 18.9 Å². The molecule has 62 heavy (non-hydrogen) atoms. The molecule has 2 amide bonds. The Morgan fingerprint density at radius 2 is 1.84 bits per heavy atom. The number of Topliss-reactive ketones (excluding diaryl/α,β-unsaturated/α-hetero) is 1. The normalized spacial score (nSPS) is 25.5. The maximum absolute atomic E-state index is 15.0. The number of amides is 2. The van der Waals surface area contributed by atoms with Crippen LogP contribution in [0.5, 0.6) is 11.5 Å². The number of nitrogens with zero attached hydrogens (tertiary/aromatic N) is 3. The van der Waals surface area contributed by atoms with E-state index >= 15 is 4.79 Å². The van der Waals surface area contributed by atoms with Crippen LogP contribution in [-0.4, -0.2) is 71.4 Å². The van der Waals surface area contributed by atoms with Gasteiger partial charge in [-0.1, -0.05) is 76.1 Å². The second-order valence-electron chi connectivity index (χ2n) is 18.5. The molecule has 2 saturated carbocycles. The lowest BCUT2D eigenvalue weighted by atomic mass is 9.89. The number of sulfonamides is 1. The lowest BCUT2D eigenvalue weighted by Crippen LogP contribution is -2.47. The molecule has 2 aliphatic heterocycles. The standard InChI is InChI=1S/C48H58N4O7S2.CH4/c1-29(2)38-28-60-44(50-38)37-24-42(36-17-18-41(58-6)31(4)43(36)49-37)59-35-23-39-40(53)26-48(46(55)51-61(56,57)47(5)19-20-47)25-34(48)16-11-9-7-8-10-15-33(45(54)52(39)27-35)22-32-14-12-13-30(3)21-32;/h11-14,16-18,21,24,28-29,33-35,39H,7-10,15,19-20,22-23,25-27H2,1-6H3,(H,51,55);1H4/b16-11-;/t33-,34-,35-,39+,48-;/m1./s1.